The first kappa shape index (κ1) is 9.14. The molecule has 78 valence electrons. The van der Waals surface area contributed by atoms with Gasteiger partial charge in [-0.1, -0.05) is 30.7 Å². The molecule has 1 aromatic rings. The van der Waals surface area contributed by atoms with Crippen molar-refractivity contribution >= 4 is 5.78 Å². The Labute approximate surface area is 90.5 Å². The molecule has 0 spiro atoms. The molecule has 0 N–H and O–H groups in total. The number of carbonyl (C=O) groups is 1. The van der Waals surface area contributed by atoms with Gasteiger partial charge in [0.25, 0.3) is 0 Å². The minimum absolute atomic E-state index is 0.341. The van der Waals surface area contributed by atoms with Crippen molar-refractivity contribution in [3.63, 3.8) is 0 Å². The van der Waals surface area contributed by atoms with Crippen LogP contribution >= 0.6 is 0 Å². The van der Waals surface area contributed by atoms with Crippen LogP contribution in [0.3, 0.4) is 0 Å². The maximum absolute atomic E-state index is 12.3. The number of ketones is 1. The summed E-state index contributed by atoms with van der Waals surface area (Å²) < 4.78 is 0. The lowest BCUT2D eigenvalue weighted by Gasteiger charge is -2.35. The zero-order chi connectivity index (χ0) is 10.3. The highest BCUT2D eigenvalue weighted by Crippen LogP contribution is 2.40. The number of carbonyl (C=O) groups excluding carboxylic acids is 1. The number of benzene rings is 1. The molecule has 0 heterocycles. The van der Waals surface area contributed by atoms with Crippen molar-refractivity contribution in [3.8, 4) is 0 Å². The third-order valence-corrected chi connectivity index (χ3v) is 4.06. The highest BCUT2D eigenvalue weighted by Gasteiger charge is 2.35. The van der Waals surface area contributed by atoms with Gasteiger partial charge in [-0.3, -0.25) is 4.79 Å². The first-order valence-corrected chi connectivity index (χ1v) is 5.98. The van der Waals surface area contributed by atoms with E-state index >= 15 is 0 Å². The number of aryl methyl sites for hydroxylation is 1. The van der Waals surface area contributed by atoms with Crippen molar-refractivity contribution in [1.82, 2.24) is 0 Å². The van der Waals surface area contributed by atoms with Crippen LogP contribution in [0.5, 0.6) is 0 Å². The van der Waals surface area contributed by atoms with Crippen molar-refractivity contribution in [3.05, 3.63) is 35.4 Å². The normalized spacial score (nSPS) is 25.9. The van der Waals surface area contributed by atoms with Gasteiger partial charge in [-0.25, -0.2) is 0 Å². The summed E-state index contributed by atoms with van der Waals surface area (Å²) in [6.07, 6.45) is 6.07. The summed E-state index contributed by atoms with van der Waals surface area (Å²) in [4.78, 5) is 12.3. The Bertz CT molecular complexity index is 390. The third kappa shape index (κ3) is 1.41. The summed E-state index contributed by atoms with van der Waals surface area (Å²) >= 11 is 0. The predicted molar refractivity (Wildman–Crippen MR) is 59.9 cm³/mol. The van der Waals surface area contributed by atoms with Crippen LogP contribution in [-0.2, 0) is 6.42 Å². The van der Waals surface area contributed by atoms with Crippen molar-refractivity contribution in [1.29, 1.82) is 0 Å². The molecule has 1 nitrogen and oxygen atoms in total. The molecule has 0 bridgehead atoms. The minimum Gasteiger partial charge on any atom is -0.294 e. The van der Waals surface area contributed by atoms with Gasteiger partial charge in [0.1, 0.15) is 0 Å². The van der Waals surface area contributed by atoms with Gasteiger partial charge in [0.15, 0.2) is 5.78 Å². The number of hydrogen-bond donors (Lipinski definition) is 0. The van der Waals surface area contributed by atoms with E-state index < -0.39 is 0 Å². The molecule has 15 heavy (non-hydrogen) atoms. The van der Waals surface area contributed by atoms with E-state index in [4.69, 9.17) is 0 Å². The van der Waals surface area contributed by atoms with Gasteiger partial charge in [-0.2, -0.15) is 0 Å². The van der Waals surface area contributed by atoms with Gasteiger partial charge in [0.2, 0.25) is 0 Å². The number of rotatable bonds is 1. The van der Waals surface area contributed by atoms with Crippen LogP contribution in [0.15, 0.2) is 24.3 Å². The largest absolute Gasteiger partial charge is 0.294 e. The molecule has 1 heteroatoms. The van der Waals surface area contributed by atoms with Crippen LogP contribution in [0, 0.1) is 11.8 Å². The average Bonchev–Trinajstić information content (AvgIpc) is 2.20. The molecule has 0 amide bonds. The fourth-order valence-corrected chi connectivity index (χ4v) is 2.91. The Morgan fingerprint density at radius 2 is 1.87 bits per heavy atom. The Balaban J connectivity index is 1.91. The molecule has 1 aromatic carbocycles. The van der Waals surface area contributed by atoms with E-state index in [9.17, 15) is 4.79 Å². The number of fused-ring (bicyclic) bond motifs is 1. The first-order chi connectivity index (χ1) is 7.36. The summed E-state index contributed by atoms with van der Waals surface area (Å²) in [5, 5.41) is 0. The van der Waals surface area contributed by atoms with Crippen LogP contribution in [0.1, 0.15) is 41.6 Å². The summed E-state index contributed by atoms with van der Waals surface area (Å²) in [6.45, 7) is 0. The molecule has 1 fully saturated rings. The molecule has 1 atom stereocenters. The number of hydrogen-bond acceptors (Lipinski definition) is 1. The maximum atomic E-state index is 12.3. The van der Waals surface area contributed by atoms with Gasteiger partial charge in [-0.05, 0) is 37.2 Å². The average molecular weight is 200 g/mol. The molecule has 2 aliphatic carbocycles. The Hall–Kier alpha value is -1.11. The fourth-order valence-electron chi connectivity index (χ4n) is 2.91. The smallest absolute Gasteiger partial charge is 0.166 e. The zero-order valence-electron chi connectivity index (χ0n) is 8.91. The standard InChI is InChI=1S/C14H16O/c15-14-12-7-2-1-4-11(12)8-9-13(14)10-5-3-6-10/h1-2,4,7,10,13H,3,5-6,8-9H2. The van der Waals surface area contributed by atoms with E-state index in [0.717, 1.165) is 18.4 Å². The van der Waals surface area contributed by atoms with E-state index in [1.165, 1.54) is 24.8 Å². The second-order valence-electron chi connectivity index (χ2n) is 4.86. The van der Waals surface area contributed by atoms with Crippen LogP contribution in [0.25, 0.3) is 0 Å². The lowest BCUT2D eigenvalue weighted by molar-refractivity contribution is 0.0782. The SMILES string of the molecule is O=C1c2ccccc2CCC1C1CCC1. The third-order valence-electron chi connectivity index (χ3n) is 4.06. The summed E-state index contributed by atoms with van der Waals surface area (Å²) in [7, 11) is 0. The summed E-state index contributed by atoms with van der Waals surface area (Å²) in [6, 6.07) is 8.13. The second kappa shape index (κ2) is 3.48. The molecular weight excluding hydrogens is 184 g/mol. The molecule has 3 rings (SSSR count). The molecule has 0 aliphatic heterocycles. The van der Waals surface area contributed by atoms with E-state index in [1.807, 2.05) is 18.2 Å². The van der Waals surface area contributed by atoms with Crippen LogP contribution in [0.2, 0.25) is 0 Å². The van der Waals surface area contributed by atoms with E-state index in [1.54, 1.807) is 0 Å². The van der Waals surface area contributed by atoms with Crippen LogP contribution in [-0.4, -0.2) is 5.78 Å². The molecule has 0 radical (unpaired) electrons. The predicted octanol–water partition coefficient (Wildman–Crippen LogP) is 3.23. The molecule has 2 aliphatic rings. The lowest BCUT2D eigenvalue weighted by atomic mass is 9.68. The quantitative estimate of drug-likeness (QED) is 0.680. The van der Waals surface area contributed by atoms with E-state index in [2.05, 4.69) is 6.07 Å². The van der Waals surface area contributed by atoms with Gasteiger partial charge < -0.3 is 0 Å². The highest BCUT2D eigenvalue weighted by atomic mass is 16.1. The Morgan fingerprint density at radius 3 is 2.60 bits per heavy atom. The van der Waals surface area contributed by atoms with Crippen molar-refractivity contribution < 1.29 is 4.79 Å². The number of Topliss-reactive ketones (excluding diaryl/α,β-unsaturated/α-hetero) is 1. The van der Waals surface area contributed by atoms with Gasteiger partial charge >= 0.3 is 0 Å². The molecular formula is C14H16O. The Kier molecular flexibility index (Phi) is 2.12. The van der Waals surface area contributed by atoms with Gasteiger partial charge in [0.05, 0.1) is 0 Å². The van der Waals surface area contributed by atoms with Gasteiger partial charge in [-0.15, -0.1) is 0 Å². The lowest BCUT2D eigenvalue weighted by Crippen LogP contribution is -2.32. The molecule has 0 aromatic heterocycles. The van der Waals surface area contributed by atoms with Crippen LogP contribution < -0.4 is 0 Å². The zero-order valence-corrected chi connectivity index (χ0v) is 8.91. The topological polar surface area (TPSA) is 17.1 Å². The van der Waals surface area contributed by atoms with Crippen molar-refractivity contribution in [2.75, 3.05) is 0 Å². The van der Waals surface area contributed by atoms with E-state index in [-0.39, 0.29) is 0 Å². The molecule has 1 unspecified atom stereocenters. The Morgan fingerprint density at radius 1 is 1.07 bits per heavy atom. The summed E-state index contributed by atoms with van der Waals surface area (Å²) in [5.74, 6) is 1.46. The van der Waals surface area contributed by atoms with Crippen LogP contribution in [0.4, 0.5) is 0 Å². The fraction of sp³-hybridized carbons (Fsp3) is 0.500. The van der Waals surface area contributed by atoms with E-state index in [0.29, 0.717) is 17.6 Å². The molecule has 0 saturated heterocycles. The minimum atomic E-state index is 0.341. The maximum Gasteiger partial charge on any atom is 0.166 e. The monoisotopic (exact) mass is 200 g/mol. The van der Waals surface area contributed by atoms with Gasteiger partial charge in [0, 0.05) is 11.5 Å². The highest BCUT2D eigenvalue weighted by molar-refractivity contribution is 6.00. The first-order valence-electron chi connectivity index (χ1n) is 5.98. The molecule has 1 saturated carbocycles. The van der Waals surface area contributed by atoms with Crippen molar-refractivity contribution in [2.45, 2.75) is 32.1 Å². The van der Waals surface area contributed by atoms with Crippen molar-refractivity contribution in [2.24, 2.45) is 11.8 Å². The summed E-state index contributed by atoms with van der Waals surface area (Å²) in [5.41, 5.74) is 2.26. The second-order valence-corrected chi connectivity index (χ2v) is 4.86.